The molecule has 0 spiro atoms. The van der Waals surface area contributed by atoms with Gasteiger partial charge in [0.15, 0.2) is 0 Å². The van der Waals surface area contributed by atoms with Crippen molar-refractivity contribution in [1.29, 1.82) is 0 Å². The molecule has 0 atom stereocenters. The summed E-state index contributed by atoms with van der Waals surface area (Å²) >= 11 is 1.49. The zero-order valence-electron chi connectivity index (χ0n) is 14.1. The first kappa shape index (κ1) is 16.7. The van der Waals surface area contributed by atoms with E-state index in [0.717, 1.165) is 24.4 Å². The van der Waals surface area contributed by atoms with Crippen LogP contribution < -0.4 is 0 Å². The number of aromatic nitrogens is 2. The van der Waals surface area contributed by atoms with Gasteiger partial charge < -0.3 is 13.9 Å². The number of rotatable bonds is 6. The van der Waals surface area contributed by atoms with E-state index in [0.29, 0.717) is 23.3 Å². The van der Waals surface area contributed by atoms with E-state index < -0.39 is 0 Å². The lowest BCUT2D eigenvalue weighted by atomic mass is 10.0. The molecule has 2 aliphatic rings. The maximum atomic E-state index is 5.88. The Labute approximate surface area is 156 Å². The Balaban J connectivity index is 1.36. The predicted octanol–water partition coefficient (Wildman–Crippen LogP) is 5.22. The van der Waals surface area contributed by atoms with Gasteiger partial charge in [-0.3, -0.25) is 0 Å². The van der Waals surface area contributed by atoms with Gasteiger partial charge in [0.05, 0.1) is 0 Å². The van der Waals surface area contributed by atoms with Gasteiger partial charge in [-0.25, -0.2) is 0 Å². The normalized spacial score (nSPS) is 16.2. The van der Waals surface area contributed by atoms with Gasteiger partial charge >= 0.3 is 0 Å². The Morgan fingerprint density at radius 1 is 1.08 bits per heavy atom. The molecule has 0 N–H and O–H groups in total. The van der Waals surface area contributed by atoms with Crippen LogP contribution in [0, 0.1) is 0 Å². The lowest BCUT2D eigenvalue weighted by molar-refractivity contribution is 0.260. The third-order valence-electron chi connectivity index (χ3n) is 3.94. The van der Waals surface area contributed by atoms with Crippen molar-refractivity contribution in [2.45, 2.75) is 30.2 Å². The monoisotopic (exact) mass is 366 g/mol. The Hall–Kier alpha value is -2.73. The fourth-order valence-electron chi connectivity index (χ4n) is 2.64. The number of hydrogen-bond acceptors (Lipinski definition) is 6. The maximum absolute atomic E-state index is 5.88. The highest BCUT2D eigenvalue weighted by atomic mass is 32.2. The third kappa shape index (κ3) is 4.26. The number of hydrogen-bond donors (Lipinski definition) is 0. The number of benzene rings is 1. The molecule has 2 heterocycles. The van der Waals surface area contributed by atoms with Crippen LogP contribution in [0.3, 0.4) is 0 Å². The number of allylic oxidation sites excluding steroid dienone is 4. The maximum Gasteiger partial charge on any atom is 0.287 e. The van der Waals surface area contributed by atoms with E-state index in [4.69, 9.17) is 13.9 Å². The molecule has 1 aliphatic heterocycles. The molecule has 132 valence electrons. The van der Waals surface area contributed by atoms with Crippen LogP contribution in [0.4, 0.5) is 0 Å². The highest BCUT2D eigenvalue weighted by Crippen LogP contribution is 2.30. The molecular formula is C20H18N2O3S. The molecule has 0 bridgehead atoms. The molecule has 0 radical (unpaired) electrons. The van der Waals surface area contributed by atoms with Gasteiger partial charge in [-0.1, -0.05) is 65.9 Å². The number of nitrogens with zero attached hydrogens (tertiary/aromatic N) is 2. The van der Waals surface area contributed by atoms with Gasteiger partial charge in [0.25, 0.3) is 11.1 Å². The summed E-state index contributed by atoms with van der Waals surface area (Å²) in [6.45, 7) is 0. The fourth-order valence-corrected chi connectivity index (χ4v) is 3.36. The second-order valence-corrected chi connectivity index (χ2v) is 6.85. The van der Waals surface area contributed by atoms with Crippen LogP contribution in [-0.4, -0.2) is 10.2 Å². The highest BCUT2D eigenvalue weighted by Gasteiger charge is 2.19. The van der Waals surface area contributed by atoms with Crippen molar-refractivity contribution in [3.8, 4) is 0 Å². The SMILES string of the molecule is C1=CCCC(CC2=COC=C(c3nnc(SCc4ccccc4)o3)O2)=C1. The van der Waals surface area contributed by atoms with Crippen molar-refractivity contribution >= 4 is 17.5 Å². The zero-order valence-corrected chi connectivity index (χ0v) is 14.9. The summed E-state index contributed by atoms with van der Waals surface area (Å²) in [5, 5.41) is 8.65. The van der Waals surface area contributed by atoms with Crippen molar-refractivity contribution < 1.29 is 13.9 Å². The quantitative estimate of drug-likeness (QED) is 0.654. The molecule has 0 unspecified atom stereocenters. The molecule has 26 heavy (non-hydrogen) atoms. The summed E-state index contributed by atoms with van der Waals surface area (Å²) in [5.74, 6) is 2.27. The van der Waals surface area contributed by atoms with Crippen LogP contribution in [0.1, 0.15) is 30.7 Å². The van der Waals surface area contributed by atoms with Crippen molar-refractivity contribution in [2.75, 3.05) is 0 Å². The number of thioether (sulfide) groups is 1. The van der Waals surface area contributed by atoms with Crippen LogP contribution in [0.2, 0.25) is 0 Å². The number of ether oxygens (including phenoxy) is 2. The largest absolute Gasteiger partial charge is 0.465 e. The zero-order chi connectivity index (χ0) is 17.6. The van der Waals surface area contributed by atoms with E-state index in [2.05, 4.69) is 40.6 Å². The van der Waals surface area contributed by atoms with Gasteiger partial charge in [0, 0.05) is 12.2 Å². The van der Waals surface area contributed by atoms with Crippen molar-refractivity contribution in [2.24, 2.45) is 0 Å². The molecule has 2 aromatic rings. The molecule has 4 rings (SSSR count). The van der Waals surface area contributed by atoms with E-state index in [-0.39, 0.29) is 0 Å². The third-order valence-corrected chi connectivity index (χ3v) is 4.83. The summed E-state index contributed by atoms with van der Waals surface area (Å²) in [5.41, 5.74) is 2.52. The first-order valence-corrected chi connectivity index (χ1v) is 9.43. The Bertz CT molecular complexity index is 881. The molecule has 0 saturated heterocycles. The first-order valence-electron chi connectivity index (χ1n) is 8.44. The van der Waals surface area contributed by atoms with Crippen LogP contribution in [0.15, 0.2) is 82.1 Å². The average molecular weight is 366 g/mol. The van der Waals surface area contributed by atoms with E-state index in [1.165, 1.54) is 29.2 Å². The Morgan fingerprint density at radius 2 is 2.00 bits per heavy atom. The summed E-state index contributed by atoms with van der Waals surface area (Å²) in [4.78, 5) is 0. The minimum atomic E-state index is 0.323. The summed E-state index contributed by atoms with van der Waals surface area (Å²) < 4.78 is 17.0. The molecule has 0 amide bonds. The van der Waals surface area contributed by atoms with E-state index in [9.17, 15) is 0 Å². The van der Waals surface area contributed by atoms with Gasteiger partial charge in [-0.2, -0.15) is 0 Å². The van der Waals surface area contributed by atoms with Gasteiger partial charge in [0.2, 0.25) is 5.76 Å². The molecule has 6 heteroatoms. The van der Waals surface area contributed by atoms with Crippen molar-refractivity contribution in [3.63, 3.8) is 0 Å². The second-order valence-electron chi connectivity index (χ2n) is 5.92. The summed E-state index contributed by atoms with van der Waals surface area (Å²) in [6.07, 6.45) is 12.3. The Morgan fingerprint density at radius 3 is 2.85 bits per heavy atom. The predicted molar refractivity (Wildman–Crippen MR) is 99.6 cm³/mol. The Kier molecular flexibility index (Phi) is 5.21. The van der Waals surface area contributed by atoms with Gasteiger partial charge in [-0.15, -0.1) is 10.2 Å². The minimum absolute atomic E-state index is 0.323. The minimum Gasteiger partial charge on any atom is -0.465 e. The molecule has 5 nitrogen and oxygen atoms in total. The van der Waals surface area contributed by atoms with E-state index in [1.54, 1.807) is 6.26 Å². The van der Waals surface area contributed by atoms with Crippen LogP contribution in [0.25, 0.3) is 5.76 Å². The van der Waals surface area contributed by atoms with E-state index in [1.807, 2.05) is 18.2 Å². The van der Waals surface area contributed by atoms with Crippen molar-refractivity contribution in [3.05, 3.63) is 83.9 Å². The molecule has 1 aromatic carbocycles. The standard InChI is InChI=1S/C20H18N2O3S/c1-3-7-15(8-4-1)11-17-12-23-13-18(24-17)19-21-22-20(25-19)26-14-16-9-5-2-6-10-16/h1-3,5-7,9-10,12-13H,4,8,11,14H2. The molecule has 0 saturated carbocycles. The lowest BCUT2D eigenvalue weighted by Gasteiger charge is -2.16. The van der Waals surface area contributed by atoms with E-state index >= 15 is 0 Å². The average Bonchev–Trinajstić information content (AvgIpc) is 3.17. The van der Waals surface area contributed by atoms with Crippen LogP contribution in [0.5, 0.6) is 0 Å². The second kappa shape index (κ2) is 8.10. The van der Waals surface area contributed by atoms with Gasteiger partial charge in [-0.05, 0) is 18.4 Å². The molecular weight excluding hydrogens is 348 g/mol. The first-order chi connectivity index (χ1) is 12.9. The van der Waals surface area contributed by atoms with Gasteiger partial charge in [0.1, 0.15) is 18.3 Å². The topological polar surface area (TPSA) is 57.4 Å². The smallest absolute Gasteiger partial charge is 0.287 e. The van der Waals surface area contributed by atoms with Crippen molar-refractivity contribution in [1.82, 2.24) is 10.2 Å². The lowest BCUT2D eigenvalue weighted by Crippen LogP contribution is -2.02. The van der Waals surface area contributed by atoms with Crippen LogP contribution >= 0.6 is 11.8 Å². The molecule has 1 aromatic heterocycles. The molecule has 0 fully saturated rings. The summed E-state index contributed by atoms with van der Waals surface area (Å²) in [6, 6.07) is 10.2. The summed E-state index contributed by atoms with van der Waals surface area (Å²) in [7, 11) is 0. The fraction of sp³-hybridized carbons (Fsp3) is 0.200. The molecule has 1 aliphatic carbocycles. The highest BCUT2D eigenvalue weighted by molar-refractivity contribution is 7.98. The van der Waals surface area contributed by atoms with Crippen LogP contribution in [-0.2, 0) is 15.2 Å².